The monoisotopic (exact) mass is 785 g/mol. The highest BCUT2D eigenvalue weighted by Gasteiger charge is 2.22. The summed E-state index contributed by atoms with van der Waals surface area (Å²) in [5.41, 5.74) is 0. The maximum atomic E-state index is 12.4. The number of rotatable bonds is 42. The Morgan fingerprint density at radius 3 is 1.26 bits per heavy atom. The molecule has 0 aromatic rings. The van der Waals surface area contributed by atoms with Crippen LogP contribution >= 0.6 is 7.82 Å². The number of carbonyl (C=O) groups is 2. The average Bonchev–Trinajstić information content (AvgIpc) is 3.14. The van der Waals surface area contributed by atoms with Gasteiger partial charge in [-0.2, -0.15) is 0 Å². The molecule has 2 N–H and O–H groups in total. The molecule has 0 saturated heterocycles. The summed E-state index contributed by atoms with van der Waals surface area (Å²) in [7, 11) is -4.76. The van der Waals surface area contributed by atoms with Crippen LogP contribution in [0, 0.1) is 0 Å². The zero-order valence-electron chi connectivity index (χ0n) is 35.1. The maximum absolute atomic E-state index is 12.4. The fourth-order valence-electron chi connectivity index (χ4n) is 6.58. The van der Waals surface area contributed by atoms with E-state index in [-0.39, 0.29) is 19.4 Å². The number of phosphoric acid groups is 1. The summed E-state index contributed by atoms with van der Waals surface area (Å²) in [5, 5.41) is 0. The molecule has 0 bridgehead atoms. The largest absolute Gasteiger partial charge is 0.469 e. The molecule has 0 radical (unpaired) electrons. The molecule has 0 amide bonds. The van der Waals surface area contributed by atoms with Gasteiger partial charge in [0.25, 0.3) is 0 Å². The van der Waals surface area contributed by atoms with E-state index < -0.39 is 32.5 Å². The molecule has 0 spiro atoms. The van der Waals surface area contributed by atoms with Crippen LogP contribution in [0.25, 0.3) is 0 Å². The summed E-state index contributed by atoms with van der Waals surface area (Å²) >= 11 is 0. The summed E-state index contributed by atoms with van der Waals surface area (Å²) in [6.45, 7) is 3.68. The zero-order chi connectivity index (χ0) is 39.6. The minimum absolute atomic E-state index is 0.199. The van der Waals surface area contributed by atoms with Gasteiger partial charge in [-0.3, -0.25) is 14.1 Å². The molecule has 0 saturated carbocycles. The van der Waals surface area contributed by atoms with Crippen LogP contribution in [0.3, 0.4) is 0 Å². The van der Waals surface area contributed by atoms with Crippen LogP contribution < -0.4 is 0 Å². The van der Waals surface area contributed by atoms with Gasteiger partial charge >= 0.3 is 19.8 Å². The molecular weight excluding hydrogens is 699 g/mol. The highest BCUT2D eigenvalue weighted by molar-refractivity contribution is 7.46. The van der Waals surface area contributed by atoms with E-state index in [1.54, 1.807) is 0 Å². The molecule has 54 heavy (non-hydrogen) atoms. The van der Waals surface area contributed by atoms with Gasteiger partial charge < -0.3 is 19.3 Å². The van der Waals surface area contributed by atoms with E-state index in [4.69, 9.17) is 19.3 Å². The first-order chi connectivity index (χ1) is 26.3. The Morgan fingerprint density at radius 2 is 0.833 bits per heavy atom. The predicted octanol–water partition coefficient (Wildman–Crippen LogP) is 14.0. The molecule has 0 unspecified atom stereocenters. The number of esters is 2. The Bertz CT molecular complexity index is 931. The molecule has 318 valence electrons. The lowest BCUT2D eigenvalue weighted by Gasteiger charge is -2.18. The standard InChI is InChI=1S/C45H85O8P/c1-3-5-7-9-11-13-15-17-19-20-21-22-23-24-26-27-29-31-33-35-37-39-44(46)51-41-43(42-52-54(48,49)50)53-45(47)40-38-36-34-32-30-28-25-18-16-14-12-10-8-6-4-2/h12,14,18,25,43H,3-11,13,15-17,19-24,26-42H2,1-2H3,(H2,48,49,50)/b14-12+,25-18+/t43-/m1/s1. The van der Waals surface area contributed by atoms with Crippen molar-refractivity contribution in [2.24, 2.45) is 0 Å². The lowest BCUT2D eigenvalue weighted by atomic mass is 10.0. The third-order valence-corrected chi connectivity index (χ3v) is 10.5. The summed E-state index contributed by atoms with van der Waals surface area (Å²) in [5.74, 6) is -0.890. The topological polar surface area (TPSA) is 119 Å². The van der Waals surface area contributed by atoms with Crippen LogP contribution in [0.4, 0.5) is 0 Å². The molecular formula is C45H85O8P. The van der Waals surface area contributed by atoms with Crippen LogP contribution in [-0.2, 0) is 28.2 Å². The third kappa shape index (κ3) is 43.3. The van der Waals surface area contributed by atoms with Crippen molar-refractivity contribution in [3.8, 4) is 0 Å². The minimum atomic E-state index is -4.76. The number of ether oxygens (including phenoxy) is 2. The first-order valence-electron chi connectivity index (χ1n) is 22.6. The summed E-state index contributed by atoms with van der Waals surface area (Å²) < 4.78 is 26.4. The molecule has 0 aliphatic heterocycles. The summed E-state index contributed by atoms with van der Waals surface area (Å²) in [6.07, 6.45) is 47.6. The van der Waals surface area contributed by atoms with Gasteiger partial charge in [-0.25, -0.2) is 4.57 Å². The van der Waals surface area contributed by atoms with E-state index in [0.29, 0.717) is 6.42 Å². The first-order valence-corrected chi connectivity index (χ1v) is 24.2. The molecule has 0 aromatic heterocycles. The van der Waals surface area contributed by atoms with Gasteiger partial charge in [0, 0.05) is 12.8 Å². The van der Waals surface area contributed by atoms with Gasteiger partial charge in [0.15, 0.2) is 6.10 Å². The van der Waals surface area contributed by atoms with E-state index >= 15 is 0 Å². The average molecular weight is 785 g/mol. The number of carbonyl (C=O) groups excluding carboxylic acids is 2. The SMILES string of the molecule is CCCCC/C=C/C/C=C/CCCCCCCC(=O)O[C@H](COC(=O)CCCCCCCCCCCCCCCCCCCCCCC)COP(=O)(O)O. The Kier molecular flexibility index (Phi) is 40.1. The molecule has 0 rings (SSSR count). The van der Waals surface area contributed by atoms with Gasteiger partial charge in [-0.15, -0.1) is 0 Å². The second kappa shape index (κ2) is 41.2. The molecule has 0 aliphatic carbocycles. The van der Waals surface area contributed by atoms with E-state index in [0.717, 1.165) is 57.8 Å². The van der Waals surface area contributed by atoms with Crippen molar-refractivity contribution < 1.29 is 37.9 Å². The van der Waals surface area contributed by atoms with Crippen molar-refractivity contribution >= 4 is 19.8 Å². The second-order valence-corrected chi connectivity index (χ2v) is 16.6. The van der Waals surface area contributed by atoms with Crippen LogP contribution in [0.1, 0.15) is 232 Å². The minimum Gasteiger partial charge on any atom is -0.462 e. The molecule has 0 fully saturated rings. The van der Waals surface area contributed by atoms with E-state index in [9.17, 15) is 14.2 Å². The quantitative estimate of drug-likeness (QED) is 0.0272. The van der Waals surface area contributed by atoms with Crippen molar-refractivity contribution in [1.29, 1.82) is 0 Å². The van der Waals surface area contributed by atoms with Crippen molar-refractivity contribution in [2.75, 3.05) is 13.2 Å². The van der Waals surface area contributed by atoms with E-state index in [1.807, 2.05) is 0 Å². The van der Waals surface area contributed by atoms with Crippen molar-refractivity contribution in [2.45, 2.75) is 238 Å². The molecule has 8 nitrogen and oxygen atoms in total. The number of unbranched alkanes of at least 4 members (excludes halogenated alkanes) is 28. The van der Waals surface area contributed by atoms with E-state index in [1.165, 1.54) is 141 Å². The molecule has 0 aliphatic rings. The Labute approximate surface area is 332 Å². The first kappa shape index (κ1) is 52.5. The van der Waals surface area contributed by atoms with Crippen LogP contribution in [0.2, 0.25) is 0 Å². The highest BCUT2D eigenvalue weighted by atomic mass is 31.2. The fourth-order valence-corrected chi connectivity index (χ4v) is 6.94. The Morgan fingerprint density at radius 1 is 0.481 bits per heavy atom. The van der Waals surface area contributed by atoms with Gasteiger partial charge in [0.1, 0.15) is 6.61 Å². The number of phosphoric ester groups is 1. The van der Waals surface area contributed by atoms with Gasteiger partial charge in [0.05, 0.1) is 6.61 Å². The van der Waals surface area contributed by atoms with Crippen molar-refractivity contribution in [1.82, 2.24) is 0 Å². The smallest absolute Gasteiger partial charge is 0.462 e. The Balaban J connectivity index is 3.84. The summed E-state index contributed by atoms with van der Waals surface area (Å²) in [4.78, 5) is 42.9. The number of hydrogen-bond acceptors (Lipinski definition) is 6. The van der Waals surface area contributed by atoms with Crippen molar-refractivity contribution in [3.05, 3.63) is 24.3 Å². The second-order valence-electron chi connectivity index (χ2n) is 15.4. The lowest BCUT2D eigenvalue weighted by molar-refractivity contribution is -0.161. The third-order valence-electron chi connectivity index (χ3n) is 9.97. The number of hydrogen-bond donors (Lipinski definition) is 2. The van der Waals surface area contributed by atoms with Crippen molar-refractivity contribution in [3.63, 3.8) is 0 Å². The molecule has 0 heterocycles. The zero-order valence-corrected chi connectivity index (χ0v) is 36.0. The number of allylic oxidation sites excluding steroid dienone is 4. The molecule has 1 atom stereocenters. The van der Waals surface area contributed by atoms with Gasteiger partial charge in [-0.05, 0) is 44.9 Å². The lowest BCUT2D eigenvalue weighted by Crippen LogP contribution is -2.29. The molecule has 9 heteroatoms. The van der Waals surface area contributed by atoms with E-state index in [2.05, 4.69) is 42.7 Å². The van der Waals surface area contributed by atoms with Crippen LogP contribution in [-0.4, -0.2) is 41.0 Å². The van der Waals surface area contributed by atoms with Crippen LogP contribution in [0.15, 0.2) is 24.3 Å². The van der Waals surface area contributed by atoms with Gasteiger partial charge in [-0.1, -0.05) is 199 Å². The van der Waals surface area contributed by atoms with Crippen LogP contribution in [0.5, 0.6) is 0 Å². The van der Waals surface area contributed by atoms with Gasteiger partial charge in [0.2, 0.25) is 0 Å². The maximum Gasteiger partial charge on any atom is 0.469 e. The fraction of sp³-hybridized carbons (Fsp3) is 0.867. The predicted molar refractivity (Wildman–Crippen MR) is 225 cm³/mol. The molecule has 0 aromatic carbocycles. The summed E-state index contributed by atoms with van der Waals surface area (Å²) in [6, 6.07) is 0. The highest BCUT2D eigenvalue weighted by Crippen LogP contribution is 2.36. The normalized spacial score (nSPS) is 12.6. The Hall–Kier alpha value is -1.47.